The van der Waals surface area contributed by atoms with E-state index in [0.717, 1.165) is 0 Å². The van der Waals surface area contributed by atoms with E-state index in [1.165, 1.54) is 44.2 Å². The van der Waals surface area contributed by atoms with Gasteiger partial charge in [-0.05, 0) is 34.2 Å². The van der Waals surface area contributed by atoms with Crippen molar-refractivity contribution in [2.75, 3.05) is 0 Å². The fraction of sp³-hybridized carbons (Fsp3) is 0.214. The van der Waals surface area contributed by atoms with Crippen LogP contribution in [0.5, 0.6) is 0 Å². The van der Waals surface area contributed by atoms with Crippen molar-refractivity contribution in [1.29, 1.82) is 0 Å². The van der Waals surface area contributed by atoms with Crippen LogP contribution in [-0.2, 0) is 7.05 Å². The van der Waals surface area contributed by atoms with Crippen LogP contribution in [0, 0.1) is 5.41 Å². The van der Waals surface area contributed by atoms with Gasteiger partial charge in [-0.1, -0.05) is 80.6 Å². The Bertz CT molecular complexity index is 1380. The summed E-state index contributed by atoms with van der Waals surface area (Å²) in [6.07, 6.45) is 2.35. The molecule has 2 aromatic heterocycles. The highest BCUT2D eigenvalue weighted by atomic mass is 14.9. The average molecular weight is 391 g/mol. The number of hydrogen-bond acceptors (Lipinski definition) is 0. The van der Waals surface area contributed by atoms with Crippen LogP contribution < -0.4 is 0 Å². The van der Waals surface area contributed by atoms with Crippen molar-refractivity contribution >= 4 is 21.8 Å². The van der Waals surface area contributed by atoms with E-state index in [1.807, 2.05) is 0 Å². The Hall–Kier alpha value is -3.26. The average Bonchev–Trinajstić information content (AvgIpc) is 3.35. The highest BCUT2D eigenvalue weighted by Gasteiger charge is 2.50. The maximum Gasteiger partial charge on any atom is 0.0480 e. The Kier molecular flexibility index (Phi) is 3.59. The quantitative estimate of drug-likeness (QED) is 0.336. The third-order valence-electron chi connectivity index (χ3n) is 7.21. The normalized spacial score (nSPS) is 20.1. The Balaban J connectivity index is 1.69. The Labute approximate surface area is 177 Å². The Morgan fingerprint density at radius 2 is 1.43 bits per heavy atom. The predicted octanol–water partition coefficient (Wildman–Crippen LogP) is 6.96. The molecular weight excluding hydrogens is 364 g/mol. The van der Waals surface area contributed by atoms with Gasteiger partial charge in [0.05, 0.1) is 0 Å². The van der Waals surface area contributed by atoms with Crippen molar-refractivity contribution in [3.63, 3.8) is 0 Å². The number of aromatic nitrogens is 2. The summed E-state index contributed by atoms with van der Waals surface area (Å²) in [7, 11) is 2.16. The smallest absolute Gasteiger partial charge is 0.0480 e. The number of aromatic amines is 1. The molecule has 1 N–H and O–H groups in total. The van der Waals surface area contributed by atoms with E-state index in [9.17, 15) is 0 Å². The molecule has 0 saturated heterocycles. The summed E-state index contributed by atoms with van der Waals surface area (Å²) in [5.41, 5.74) is 8.25. The molecule has 2 heteroatoms. The lowest BCUT2D eigenvalue weighted by Crippen LogP contribution is -2.24. The van der Waals surface area contributed by atoms with E-state index in [-0.39, 0.29) is 5.41 Å². The third-order valence-corrected chi connectivity index (χ3v) is 7.21. The van der Waals surface area contributed by atoms with Crippen LogP contribution in [0.2, 0.25) is 0 Å². The molecule has 0 saturated carbocycles. The van der Waals surface area contributed by atoms with Gasteiger partial charge in [0.1, 0.15) is 0 Å². The molecule has 2 heterocycles. The van der Waals surface area contributed by atoms with Gasteiger partial charge in [0.25, 0.3) is 0 Å². The number of fused-ring (bicyclic) bond motifs is 4. The van der Waals surface area contributed by atoms with E-state index in [1.54, 1.807) is 0 Å². The number of rotatable bonds is 2. The van der Waals surface area contributed by atoms with E-state index >= 15 is 0 Å². The van der Waals surface area contributed by atoms with Gasteiger partial charge in [-0.3, -0.25) is 0 Å². The van der Waals surface area contributed by atoms with Gasteiger partial charge in [-0.15, -0.1) is 0 Å². The first-order chi connectivity index (χ1) is 14.6. The van der Waals surface area contributed by atoms with Gasteiger partial charge in [-0.25, -0.2) is 0 Å². The fourth-order valence-corrected chi connectivity index (χ4v) is 6.03. The number of hydrogen-bond donors (Lipinski definition) is 1. The van der Waals surface area contributed by atoms with Crippen molar-refractivity contribution in [3.05, 3.63) is 107 Å². The molecule has 0 spiro atoms. The lowest BCUT2D eigenvalue weighted by molar-refractivity contribution is 0.307. The molecule has 2 atom stereocenters. The monoisotopic (exact) mass is 390 g/mol. The minimum atomic E-state index is 0.0384. The number of H-pyrrole nitrogens is 1. The maximum atomic E-state index is 3.84. The molecule has 0 unspecified atom stereocenters. The zero-order valence-electron chi connectivity index (χ0n) is 17.7. The van der Waals surface area contributed by atoms with E-state index < -0.39 is 0 Å². The minimum Gasteiger partial charge on any atom is -0.358 e. The number of para-hydroxylation sites is 2. The lowest BCUT2D eigenvalue weighted by Gasteiger charge is -2.34. The van der Waals surface area contributed by atoms with E-state index in [0.29, 0.717) is 11.8 Å². The Morgan fingerprint density at radius 1 is 0.767 bits per heavy atom. The number of aryl methyl sites for hydroxylation is 1. The molecule has 5 aromatic rings. The van der Waals surface area contributed by atoms with Crippen molar-refractivity contribution < 1.29 is 0 Å². The first-order valence-electron chi connectivity index (χ1n) is 10.8. The SMILES string of the molecule is Cn1cc([C@@H]2c3[nH]c4ccccc4c3[C@@H](c3ccccc3)C2(C)C)c2ccccc21. The maximum absolute atomic E-state index is 3.84. The zero-order valence-corrected chi connectivity index (χ0v) is 17.7. The molecule has 0 fully saturated rings. The van der Waals surface area contributed by atoms with Crippen molar-refractivity contribution in [3.8, 4) is 0 Å². The molecule has 0 radical (unpaired) electrons. The molecular formula is C28H26N2. The second-order valence-corrected chi connectivity index (χ2v) is 9.31. The highest BCUT2D eigenvalue weighted by molar-refractivity contribution is 5.90. The van der Waals surface area contributed by atoms with Crippen LogP contribution in [0.4, 0.5) is 0 Å². The topological polar surface area (TPSA) is 20.7 Å². The second kappa shape index (κ2) is 6.12. The molecule has 6 rings (SSSR count). The van der Waals surface area contributed by atoms with E-state index in [4.69, 9.17) is 0 Å². The van der Waals surface area contributed by atoms with Crippen LogP contribution in [0.25, 0.3) is 21.8 Å². The third kappa shape index (κ3) is 2.25. The van der Waals surface area contributed by atoms with Crippen LogP contribution in [0.3, 0.4) is 0 Å². The molecule has 1 aliphatic rings. The first-order valence-corrected chi connectivity index (χ1v) is 10.8. The molecule has 2 nitrogen and oxygen atoms in total. The summed E-state index contributed by atoms with van der Waals surface area (Å²) in [6, 6.07) is 28.6. The molecule has 1 aliphatic carbocycles. The number of benzene rings is 3. The molecule has 30 heavy (non-hydrogen) atoms. The lowest BCUT2D eigenvalue weighted by atomic mass is 9.68. The molecule has 0 aliphatic heterocycles. The van der Waals surface area contributed by atoms with Gasteiger partial charge in [-0.2, -0.15) is 0 Å². The fourth-order valence-electron chi connectivity index (χ4n) is 6.03. The zero-order chi connectivity index (χ0) is 20.5. The summed E-state index contributed by atoms with van der Waals surface area (Å²) in [4.78, 5) is 3.84. The summed E-state index contributed by atoms with van der Waals surface area (Å²) < 4.78 is 2.28. The highest BCUT2D eigenvalue weighted by Crippen LogP contribution is 2.62. The van der Waals surface area contributed by atoms with Crippen LogP contribution in [0.15, 0.2) is 85.1 Å². The van der Waals surface area contributed by atoms with Crippen LogP contribution >= 0.6 is 0 Å². The summed E-state index contributed by atoms with van der Waals surface area (Å²) in [5, 5.41) is 2.72. The van der Waals surface area contributed by atoms with Gasteiger partial charge in [0.15, 0.2) is 0 Å². The van der Waals surface area contributed by atoms with Gasteiger partial charge in [0, 0.05) is 52.6 Å². The molecule has 148 valence electrons. The summed E-state index contributed by atoms with van der Waals surface area (Å²) >= 11 is 0. The van der Waals surface area contributed by atoms with Gasteiger partial charge in [0.2, 0.25) is 0 Å². The van der Waals surface area contributed by atoms with Crippen molar-refractivity contribution in [1.82, 2.24) is 9.55 Å². The Morgan fingerprint density at radius 3 is 2.23 bits per heavy atom. The largest absolute Gasteiger partial charge is 0.358 e. The van der Waals surface area contributed by atoms with Crippen LogP contribution in [-0.4, -0.2) is 9.55 Å². The minimum absolute atomic E-state index is 0.0384. The van der Waals surface area contributed by atoms with Crippen LogP contribution in [0.1, 0.15) is 48.1 Å². The second-order valence-electron chi connectivity index (χ2n) is 9.31. The first kappa shape index (κ1) is 17.6. The molecule has 0 bridgehead atoms. The van der Waals surface area contributed by atoms with Gasteiger partial charge < -0.3 is 9.55 Å². The number of nitrogens with one attached hydrogen (secondary N) is 1. The summed E-state index contributed by atoms with van der Waals surface area (Å²) in [6.45, 7) is 4.89. The van der Waals surface area contributed by atoms with Crippen molar-refractivity contribution in [2.24, 2.45) is 12.5 Å². The summed E-state index contributed by atoms with van der Waals surface area (Å²) in [5.74, 6) is 0.644. The standard InChI is InChI=1S/C28H26N2/c1-28(2)25(18-11-5-4-6-12-18)24-20-14-7-9-15-22(20)29-27(24)26(28)21-17-30(3)23-16-10-8-13-19(21)23/h4-17,25-26,29H,1-3H3/t25-,26-/m1/s1. The molecule has 0 amide bonds. The predicted molar refractivity (Wildman–Crippen MR) is 125 cm³/mol. The van der Waals surface area contributed by atoms with Gasteiger partial charge >= 0.3 is 0 Å². The molecule has 3 aromatic carbocycles. The van der Waals surface area contributed by atoms with Crippen molar-refractivity contribution in [2.45, 2.75) is 25.7 Å². The van der Waals surface area contributed by atoms with E-state index in [2.05, 4.69) is 116 Å². The number of nitrogens with zero attached hydrogens (tertiary/aromatic N) is 1.